The number of hydrogen-bond acceptors (Lipinski definition) is 7. The van der Waals surface area contributed by atoms with Gasteiger partial charge in [-0.25, -0.2) is 0 Å². The molecule has 0 bridgehead atoms. The number of nitrogens with zero attached hydrogens (tertiary/aromatic N) is 2. The fraction of sp³-hybridized carbons (Fsp3) is 0.0556. The van der Waals surface area contributed by atoms with Gasteiger partial charge in [0.25, 0.3) is 16.8 Å². The molecule has 2 aromatic rings. The van der Waals surface area contributed by atoms with Crippen LogP contribution in [0.1, 0.15) is 5.56 Å². The highest BCUT2D eigenvalue weighted by molar-refractivity contribution is 8.18. The second-order valence-corrected chi connectivity index (χ2v) is 6.66. The largest absolute Gasteiger partial charge is 0.871 e. The van der Waals surface area contributed by atoms with Crippen LogP contribution < -0.4 is 10.4 Å². The molecule has 1 N–H and O–H groups in total. The average molecular weight is 398 g/mol. The quantitative estimate of drug-likeness (QED) is 0.464. The van der Waals surface area contributed by atoms with Gasteiger partial charge in [-0.05, 0) is 23.4 Å². The van der Waals surface area contributed by atoms with Gasteiger partial charge in [0.1, 0.15) is 6.54 Å². The molecule has 10 heteroatoms. The molecule has 28 heavy (non-hydrogen) atoms. The predicted octanol–water partition coefficient (Wildman–Crippen LogP) is 2.34. The maximum atomic E-state index is 12.4. The Morgan fingerprint density at radius 2 is 1.89 bits per heavy atom. The van der Waals surface area contributed by atoms with E-state index >= 15 is 0 Å². The van der Waals surface area contributed by atoms with Crippen molar-refractivity contribution in [1.82, 2.24) is 4.90 Å². The van der Waals surface area contributed by atoms with E-state index in [1.165, 1.54) is 0 Å². The summed E-state index contributed by atoms with van der Waals surface area (Å²) in [4.78, 5) is 47.6. The average Bonchev–Trinajstić information content (AvgIpc) is 2.91. The van der Waals surface area contributed by atoms with Crippen LogP contribution in [0, 0.1) is 10.1 Å². The van der Waals surface area contributed by atoms with Gasteiger partial charge in [0.15, 0.2) is 0 Å². The van der Waals surface area contributed by atoms with E-state index in [1.807, 2.05) is 6.07 Å². The molecule has 1 aliphatic heterocycles. The van der Waals surface area contributed by atoms with Gasteiger partial charge < -0.3 is 10.4 Å². The highest BCUT2D eigenvalue weighted by Gasteiger charge is 2.36. The number of nitro benzene ring substituents is 1. The third kappa shape index (κ3) is 4.18. The Morgan fingerprint density at radius 3 is 2.57 bits per heavy atom. The van der Waals surface area contributed by atoms with Gasteiger partial charge in [-0.1, -0.05) is 42.1 Å². The first-order valence-electron chi connectivity index (χ1n) is 7.91. The van der Waals surface area contributed by atoms with Crippen LogP contribution in [0.3, 0.4) is 0 Å². The zero-order valence-electron chi connectivity index (χ0n) is 14.2. The number of carbonyl (C=O) groups excluding carboxylic acids is 3. The van der Waals surface area contributed by atoms with Crippen molar-refractivity contribution in [1.29, 1.82) is 0 Å². The van der Waals surface area contributed by atoms with Crippen molar-refractivity contribution in [2.75, 3.05) is 11.9 Å². The molecule has 0 unspecified atom stereocenters. The second-order valence-electron chi connectivity index (χ2n) is 5.66. The number of imide groups is 1. The Morgan fingerprint density at radius 1 is 1.18 bits per heavy atom. The van der Waals surface area contributed by atoms with Crippen LogP contribution in [0.2, 0.25) is 0 Å². The van der Waals surface area contributed by atoms with Crippen molar-refractivity contribution in [3.05, 3.63) is 69.1 Å². The Kier molecular flexibility index (Phi) is 5.41. The molecule has 0 atom stereocenters. The van der Waals surface area contributed by atoms with Crippen molar-refractivity contribution in [2.24, 2.45) is 0 Å². The molecule has 2 aromatic carbocycles. The van der Waals surface area contributed by atoms with Gasteiger partial charge in [0.05, 0.1) is 9.83 Å². The summed E-state index contributed by atoms with van der Waals surface area (Å²) in [7, 11) is 0. The Balaban J connectivity index is 1.72. The van der Waals surface area contributed by atoms with Gasteiger partial charge in [0, 0.05) is 17.8 Å². The van der Waals surface area contributed by atoms with E-state index in [4.69, 9.17) is 0 Å². The molecule has 3 amide bonds. The van der Waals surface area contributed by atoms with E-state index in [0.717, 1.165) is 28.7 Å². The standard InChI is InChI=1S/C18H13N3O6S/c22-14-7-6-12(21(26)27)9-13(14)19-16(23)10-20-17(24)15(28-18(20)25)8-11-4-2-1-3-5-11/h1-9,22H,10H2,(H,19,23)/p-1/b15-8-. The lowest BCUT2D eigenvalue weighted by Gasteiger charge is -2.16. The van der Waals surface area contributed by atoms with Gasteiger partial charge in [-0.15, -0.1) is 0 Å². The van der Waals surface area contributed by atoms with Crippen LogP contribution in [0.15, 0.2) is 53.4 Å². The molecular formula is C18H12N3O6S-. The number of thioether (sulfide) groups is 1. The summed E-state index contributed by atoms with van der Waals surface area (Å²) < 4.78 is 0. The number of non-ortho nitro benzene ring substituents is 1. The first kappa shape index (κ1) is 19.1. The minimum absolute atomic E-state index is 0.170. The Bertz CT molecular complexity index is 1010. The number of hydrogen-bond donors (Lipinski definition) is 1. The molecule has 1 heterocycles. The molecule has 1 fully saturated rings. The zero-order chi connectivity index (χ0) is 20.3. The predicted molar refractivity (Wildman–Crippen MR) is 100 cm³/mol. The van der Waals surface area contributed by atoms with Crippen LogP contribution in [0.25, 0.3) is 6.08 Å². The fourth-order valence-electron chi connectivity index (χ4n) is 2.40. The van der Waals surface area contributed by atoms with Gasteiger partial charge in [-0.3, -0.25) is 29.4 Å². The molecule has 0 radical (unpaired) electrons. The lowest BCUT2D eigenvalue weighted by atomic mass is 10.2. The number of nitro groups is 1. The number of anilines is 1. The van der Waals surface area contributed by atoms with Crippen molar-refractivity contribution >= 4 is 46.3 Å². The van der Waals surface area contributed by atoms with Gasteiger partial charge in [0.2, 0.25) is 5.91 Å². The highest BCUT2D eigenvalue weighted by atomic mass is 32.2. The summed E-state index contributed by atoms with van der Waals surface area (Å²) in [6.07, 6.45) is 1.54. The molecule has 0 spiro atoms. The second kappa shape index (κ2) is 7.92. The third-order valence-corrected chi connectivity index (χ3v) is 4.63. The molecule has 142 valence electrons. The highest BCUT2D eigenvalue weighted by Crippen LogP contribution is 2.32. The third-order valence-electron chi connectivity index (χ3n) is 3.72. The lowest BCUT2D eigenvalue weighted by Crippen LogP contribution is -2.36. The number of benzene rings is 2. The minimum atomic E-state index is -0.819. The van der Waals surface area contributed by atoms with E-state index in [9.17, 15) is 29.6 Å². The molecule has 0 saturated carbocycles. The molecule has 0 aliphatic carbocycles. The molecule has 3 rings (SSSR count). The van der Waals surface area contributed by atoms with Crippen molar-refractivity contribution in [3.63, 3.8) is 0 Å². The van der Waals surface area contributed by atoms with E-state index in [1.54, 1.807) is 30.3 Å². The van der Waals surface area contributed by atoms with E-state index in [2.05, 4.69) is 5.32 Å². The summed E-state index contributed by atoms with van der Waals surface area (Å²) in [5.41, 5.74) is 0.0582. The summed E-state index contributed by atoms with van der Waals surface area (Å²) in [6, 6.07) is 11.8. The SMILES string of the molecule is O=C(CN1C(=O)S/C(=C\c2ccccc2)C1=O)Nc1cc([N+](=O)[O-])ccc1[O-]. The molecular weight excluding hydrogens is 386 g/mol. The van der Waals surface area contributed by atoms with Crippen LogP contribution in [0.4, 0.5) is 16.2 Å². The van der Waals surface area contributed by atoms with E-state index in [0.29, 0.717) is 11.8 Å². The smallest absolute Gasteiger partial charge is 0.294 e. The van der Waals surface area contributed by atoms with Gasteiger partial charge >= 0.3 is 0 Å². The number of amides is 3. The van der Waals surface area contributed by atoms with Crippen LogP contribution >= 0.6 is 11.8 Å². The van der Waals surface area contributed by atoms with Crippen molar-refractivity contribution in [3.8, 4) is 5.75 Å². The fourth-order valence-corrected chi connectivity index (χ4v) is 3.24. The van der Waals surface area contributed by atoms with Gasteiger partial charge in [-0.2, -0.15) is 0 Å². The van der Waals surface area contributed by atoms with Crippen LogP contribution in [-0.4, -0.2) is 33.4 Å². The molecule has 9 nitrogen and oxygen atoms in total. The topological polar surface area (TPSA) is 133 Å². The summed E-state index contributed by atoms with van der Waals surface area (Å²) >= 11 is 0.702. The number of nitrogens with one attached hydrogen (secondary N) is 1. The first-order chi connectivity index (χ1) is 13.3. The maximum absolute atomic E-state index is 12.4. The minimum Gasteiger partial charge on any atom is -0.871 e. The van der Waals surface area contributed by atoms with Crippen molar-refractivity contribution < 1.29 is 24.4 Å². The van der Waals surface area contributed by atoms with Crippen LogP contribution in [0.5, 0.6) is 5.75 Å². The molecule has 1 aliphatic rings. The van der Waals surface area contributed by atoms with Crippen LogP contribution in [-0.2, 0) is 9.59 Å². The maximum Gasteiger partial charge on any atom is 0.294 e. The summed E-state index contributed by atoms with van der Waals surface area (Å²) in [6.45, 7) is -0.612. The summed E-state index contributed by atoms with van der Waals surface area (Å²) in [5.74, 6) is -2.08. The number of carbonyl (C=O) groups is 3. The Hall–Kier alpha value is -3.66. The molecule has 1 saturated heterocycles. The van der Waals surface area contributed by atoms with E-state index in [-0.39, 0.29) is 16.3 Å². The molecule has 0 aromatic heterocycles. The lowest BCUT2D eigenvalue weighted by molar-refractivity contribution is -0.385. The van der Waals surface area contributed by atoms with Crippen molar-refractivity contribution in [2.45, 2.75) is 0 Å². The monoisotopic (exact) mass is 398 g/mol. The number of rotatable bonds is 5. The van der Waals surface area contributed by atoms with E-state index < -0.39 is 34.3 Å². The normalized spacial score (nSPS) is 15.1. The Labute approximate surface area is 162 Å². The summed E-state index contributed by atoms with van der Waals surface area (Å²) in [5, 5.41) is 24.1. The first-order valence-corrected chi connectivity index (χ1v) is 8.72. The zero-order valence-corrected chi connectivity index (χ0v) is 15.0.